The van der Waals surface area contributed by atoms with E-state index >= 15 is 0 Å². The molecule has 3 aromatic rings. The second kappa shape index (κ2) is 8.07. The van der Waals surface area contributed by atoms with Crippen molar-refractivity contribution in [2.24, 2.45) is 23.7 Å². The second-order valence-corrected chi connectivity index (χ2v) is 11.3. The molecule has 4 fully saturated rings. The van der Waals surface area contributed by atoms with Gasteiger partial charge >= 0.3 is 0 Å². The van der Waals surface area contributed by atoms with E-state index in [-0.39, 0.29) is 23.4 Å². The van der Waals surface area contributed by atoms with Crippen molar-refractivity contribution in [3.8, 4) is 10.9 Å². The molecule has 33 heavy (non-hydrogen) atoms. The summed E-state index contributed by atoms with van der Waals surface area (Å²) in [6, 6.07) is 9.19. The average Bonchev–Trinajstić information content (AvgIpc) is 3.34. The largest absolute Gasteiger partial charge is 0.431 e. The lowest BCUT2D eigenvalue weighted by molar-refractivity contribution is -0.129. The Hall–Kier alpha value is -1.95. The van der Waals surface area contributed by atoms with Crippen molar-refractivity contribution in [1.29, 1.82) is 0 Å². The van der Waals surface area contributed by atoms with Crippen LogP contribution in [0.15, 0.2) is 30.3 Å². The molecule has 0 aliphatic heterocycles. The summed E-state index contributed by atoms with van der Waals surface area (Å²) in [5, 5.41) is 1.47. The summed E-state index contributed by atoms with van der Waals surface area (Å²) in [5.41, 5.74) is 2.48. The molecule has 2 aromatic carbocycles. The third-order valence-corrected chi connectivity index (χ3v) is 9.24. The van der Waals surface area contributed by atoms with Crippen molar-refractivity contribution in [1.82, 2.24) is 4.98 Å². The third kappa shape index (κ3) is 3.43. The number of hydrogen-bond donors (Lipinski definition) is 0. The van der Waals surface area contributed by atoms with Crippen LogP contribution >= 0.6 is 34.5 Å². The van der Waals surface area contributed by atoms with Gasteiger partial charge in [0.15, 0.2) is 11.6 Å². The molecule has 4 saturated carbocycles. The summed E-state index contributed by atoms with van der Waals surface area (Å²) in [4.78, 5) is 31.6. The van der Waals surface area contributed by atoms with E-state index < -0.39 is 5.92 Å². The molecule has 7 heteroatoms. The zero-order valence-corrected chi connectivity index (χ0v) is 20.5. The smallest absolute Gasteiger partial charge is 0.279 e. The van der Waals surface area contributed by atoms with Crippen molar-refractivity contribution in [2.45, 2.75) is 44.9 Å². The number of ketones is 2. The molecule has 0 radical (unpaired) electrons. The van der Waals surface area contributed by atoms with E-state index in [1.165, 1.54) is 11.3 Å². The molecule has 2 bridgehead atoms. The van der Waals surface area contributed by atoms with Crippen LogP contribution in [0.2, 0.25) is 10.0 Å². The molecule has 170 valence electrons. The Morgan fingerprint density at radius 1 is 1.00 bits per heavy atom. The maximum absolute atomic E-state index is 13.6. The second-order valence-electron chi connectivity index (χ2n) is 9.49. The monoisotopic (exact) mass is 499 g/mol. The number of aromatic nitrogens is 1. The molecule has 0 amide bonds. The van der Waals surface area contributed by atoms with Crippen LogP contribution < -0.4 is 4.74 Å². The van der Waals surface area contributed by atoms with Crippen LogP contribution in [0.1, 0.15) is 49.7 Å². The predicted octanol–water partition coefficient (Wildman–Crippen LogP) is 7.25. The lowest BCUT2D eigenvalue weighted by atomic mass is 9.59. The normalized spacial score (nSPS) is 28.5. The molecule has 7 rings (SSSR count). The van der Waals surface area contributed by atoms with Crippen LogP contribution in [0.5, 0.6) is 10.9 Å². The van der Waals surface area contributed by atoms with Crippen molar-refractivity contribution in [2.75, 3.05) is 0 Å². The van der Waals surface area contributed by atoms with Crippen LogP contribution in [0.25, 0.3) is 10.2 Å². The number of fused-ring (bicyclic) bond motifs is 3. The van der Waals surface area contributed by atoms with Gasteiger partial charge in [0.1, 0.15) is 17.2 Å². The van der Waals surface area contributed by atoms with Crippen LogP contribution in [0.4, 0.5) is 0 Å². The van der Waals surface area contributed by atoms with E-state index in [4.69, 9.17) is 27.9 Å². The zero-order valence-electron chi connectivity index (χ0n) is 18.1. The Morgan fingerprint density at radius 2 is 1.67 bits per heavy atom. The first-order chi connectivity index (χ1) is 15.9. The standard InChI is InChI=1S/C26H23Cl2NO3S/c1-2-12-7-8-16(32-26-29-23-18(28)9-15(27)10-19(23)33-26)11-17(12)22-24(30)20-13-3-4-14(6-5-13)21(20)25(22)31/h7-11,13-14,20-22H,2-6H2,1H3. The highest BCUT2D eigenvalue weighted by Gasteiger charge is 2.59. The minimum Gasteiger partial charge on any atom is -0.431 e. The minimum absolute atomic E-state index is 0.0829. The van der Waals surface area contributed by atoms with Gasteiger partial charge < -0.3 is 4.74 Å². The van der Waals surface area contributed by atoms with Crippen molar-refractivity contribution < 1.29 is 14.3 Å². The number of nitrogens with zero attached hydrogens (tertiary/aromatic N) is 1. The molecule has 4 aliphatic rings. The zero-order chi connectivity index (χ0) is 22.9. The van der Waals surface area contributed by atoms with Crippen molar-refractivity contribution >= 4 is 56.3 Å². The number of Topliss-reactive ketones (excluding diaryl/α,β-unsaturated/α-hetero) is 2. The number of halogens is 2. The van der Waals surface area contributed by atoms with E-state index in [0.29, 0.717) is 38.3 Å². The first-order valence-electron chi connectivity index (χ1n) is 11.6. The first-order valence-corrected chi connectivity index (χ1v) is 13.2. The quantitative estimate of drug-likeness (QED) is 0.354. The van der Waals surface area contributed by atoms with Gasteiger partial charge in [0.05, 0.1) is 9.72 Å². The molecule has 4 aliphatic carbocycles. The van der Waals surface area contributed by atoms with Gasteiger partial charge in [0, 0.05) is 16.9 Å². The molecular weight excluding hydrogens is 477 g/mol. The highest BCUT2D eigenvalue weighted by atomic mass is 35.5. The number of carbonyl (C=O) groups is 2. The van der Waals surface area contributed by atoms with Crippen molar-refractivity contribution in [3.63, 3.8) is 0 Å². The predicted molar refractivity (Wildman–Crippen MR) is 131 cm³/mol. The highest BCUT2D eigenvalue weighted by molar-refractivity contribution is 7.20. The van der Waals surface area contributed by atoms with Crippen LogP contribution in [-0.2, 0) is 16.0 Å². The summed E-state index contributed by atoms with van der Waals surface area (Å²) in [6.07, 6.45) is 5.11. The number of thiazole rings is 1. The molecule has 0 spiro atoms. The fourth-order valence-electron chi connectivity index (χ4n) is 6.41. The van der Waals surface area contributed by atoms with E-state index in [0.717, 1.165) is 47.9 Å². The molecule has 4 nitrogen and oxygen atoms in total. The summed E-state index contributed by atoms with van der Waals surface area (Å²) >= 11 is 13.8. The summed E-state index contributed by atoms with van der Waals surface area (Å²) in [6.45, 7) is 2.05. The third-order valence-electron chi connectivity index (χ3n) is 7.85. The highest BCUT2D eigenvalue weighted by Crippen LogP contribution is 2.56. The summed E-state index contributed by atoms with van der Waals surface area (Å²) in [7, 11) is 0. The van der Waals surface area contributed by atoms with Crippen LogP contribution in [0, 0.1) is 23.7 Å². The van der Waals surface area contributed by atoms with E-state index in [2.05, 4.69) is 11.9 Å². The molecule has 1 aromatic heterocycles. The average molecular weight is 500 g/mol. The van der Waals surface area contributed by atoms with Crippen LogP contribution in [-0.4, -0.2) is 16.6 Å². The molecule has 1 heterocycles. The van der Waals surface area contributed by atoms with Crippen LogP contribution in [0.3, 0.4) is 0 Å². The Bertz CT molecular complexity index is 1260. The molecular formula is C26H23Cl2NO3S. The Kier molecular flexibility index (Phi) is 5.28. The Labute approximate surface area is 206 Å². The lowest BCUT2D eigenvalue weighted by Crippen LogP contribution is -2.41. The topological polar surface area (TPSA) is 56.3 Å². The number of hydrogen-bond acceptors (Lipinski definition) is 5. The number of rotatable bonds is 4. The maximum atomic E-state index is 13.6. The number of ether oxygens (including phenoxy) is 1. The van der Waals surface area contributed by atoms with E-state index in [1.807, 2.05) is 24.3 Å². The lowest BCUT2D eigenvalue weighted by Gasteiger charge is -2.43. The SMILES string of the molecule is CCc1ccc(Oc2nc3c(Cl)cc(Cl)cc3s2)cc1C1C(=O)C2C3CCC(CC3)C2C1=O. The molecule has 2 unspecified atom stereocenters. The van der Waals surface area contributed by atoms with Gasteiger partial charge in [-0.3, -0.25) is 9.59 Å². The molecule has 0 N–H and O–H groups in total. The van der Waals surface area contributed by atoms with Gasteiger partial charge in [0.25, 0.3) is 5.19 Å². The number of benzene rings is 2. The van der Waals surface area contributed by atoms with Gasteiger partial charge in [-0.1, -0.05) is 47.5 Å². The number of carbonyl (C=O) groups excluding carboxylic acids is 2. The first kappa shape index (κ1) is 21.6. The van der Waals surface area contributed by atoms with Gasteiger partial charge in [0.2, 0.25) is 0 Å². The van der Waals surface area contributed by atoms with Crippen molar-refractivity contribution in [3.05, 3.63) is 51.5 Å². The Morgan fingerprint density at radius 3 is 2.30 bits per heavy atom. The minimum atomic E-state index is -0.664. The molecule has 2 atom stereocenters. The van der Waals surface area contributed by atoms with E-state index in [9.17, 15) is 9.59 Å². The summed E-state index contributed by atoms with van der Waals surface area (Å²) < 4.78 is 6.93. The van der Waals surface area contributed by atoms with Gasteiger partial charge in [-0.15, -0.1) is 0 Å². The maximum Gasteiger partial charge on any atom is 0.279 e. The van der Waals surface area contributed by atoms with Gasteiger partial charge in [-0.25, -0.2) is 4.98 Å². The fourth-order valence-corrected chi connectivity index (χ4v) is 7.97. The van der Waals surface area contributed by atoms with Gasteiger partial charge in [-0.05, 0) is 79.3 Å². The van der Waals surface area contributed by atoms with E-state index in [1.54, 1.807) is 6.07 Å². The molecule has 0 saturated heterocycles. The Balaban J connectivity index is 1.36. The number of aryl methyl sites for hydroxylation is 1. The summed E-state index contributed by atoms with van der Waals surface area (Å²) in [5.74, 6) is 0.766. The van der Waals surface area contributed by atoms with Gasteiger partial charge in [-0.2, -0.15) is 0 Å². The fraction of sp³-hybridized carbons (Fsp3) is 0.423.